The standard InChI is InChI=1S/C40H42BNO2/c1-37(2)20-21-38(3,4)33-24-34-31(23-32(33)37)35-29-18-11-9-16-27(29)28-17-10-12-19-30(28)36(35)42(34)26-15-13-14-25(22-26)41-43-39(5,6)40(7,8)44-41/h9-19,22-24H,20-21H2,1-8H3. The topological polar surface area (TPSA) is 23.4 Å². The van der Waals surface area contributed by atoms with Crippen LogP contribution in [0.1, 0.15) is 79.4 Å². The number of hydrogen-bond donors (Lipinski definition) is 0. The molecule has 8 rings (SSSR count). The highest BCUT2D eigenvalue weighted by atomic mass is 16.7. The summed E-state index contributed by atoms with van der Waals surface area (Å²) in [6.45, 7) is 18.2. The van der Waals surface area contributed by atoms with Gasteiger partial charge in [0.05, 0.1) is 22.2 Å². The first-order valence-corrected chi connectivity index (χ1v) is 16.2. The Morgan fingerprint density at radius 1 is 0.568 bits per heavy atom. The van der Waals surface area contributed by atoms with Crippen LogP contribution in [0.4, 0.5) is 0 Å². The van der Waals surface area contributed by atoms with Crippen molar-refractivity contribution in [3.05, 3.63) is 96.1 Å². The summed E-state index contributed by atoms with van der Waals surface area (Å²) >= 11 is 0. The Morgan fingerprint density at radius 3 is 1.75 bits per heavy atom. The second-order valence-corrected chi connectivity index (χ2v) is 15.5. The summed E-state index contributed by atoms with van der Waals surface area (Å²) < 4.78 is 15.6. The molecule has 0 radical (unpaired) electrons. The highest BCUT2D eigenvalue weighted by Crippen LogP contribution is 2.50. The molecule has 0 N–H and O–H groups in total. The van der Waals surface area contributed by atoms with Crippen molar-refractivity contribution in [1.29, 1.82) is 0 Å². The van der Waals surface area contributed by atoms with E-state index in [9.17, 15) is 0 Å². The Kier molecular flexibility index (Phi) is 5.70. The van der Waals surface area contributed by atoms with E-state index in [1.807, 2.05) is 0 Å². The summed E-state index contributed by atoms with van der Waals surface area (Å²) in [5.74, 6) is 0. The van der Waals surface area contributed by atoms with Crippen molar-refractivity contribution in [1.82, 2.24) is 4.57 Å². The van der Waals surface area contributed by atoms with Gasteiger partial charge < -0.3 is 13.9 Å². The normalized spacial score (nSPS) is 20.1. The monoisotopic (exact) mass is 579 g/mol. The lowest BCUT2D eigenvalue weighted by atomic mass is 9.63. The molecule has 3 nitrogen and oxygen atoms in total. The van der Waals surface area contributed by atoms with Gasteiger partial charge in [0.25, 0.3) is 0 Å². The second kappa shape index (κ2) is 8.99. The van der Waals surface area contributed by atoms with E-state index in [0.717, 1.165) is 11.2 Å². The van der Waals surface area contributed by atoms with Crippen molar-refractivity contribution in [3.8, 4) is 5.69 Å². The van der Waals surface area contributed by atoms with E-state index in [1.54, 1.807) is 0 Å². The molecule has 0 bridgehead atoms. The van der Waals surface area contributed by atoms with Gasteiger partial charge in [0.1, 0.15) is 0 Å². The van der Waals surface area contributed by atoms with Gasteiger partial charge in [-0.2, -0.15) is 0 Å². The molecule has 1 saturated heterocycles. The van der Waals surface area contributed by atoms with E-state index in [0.29, 0.717) is 0 Å². The summed E-state index contributed by atoms with van der Waals surface area (Å²) in [6.07, 6.45) is 2.37. The van der Waals surface area contributed by atoms with E-state index in [-0.39, 0.29) is 10.8 Å². The number of hydrogen-bond acceptors (Lipinski definition) is 2. The molecule has 0 amide bonds. The molecule has 1 aliphatic carbocycles. The maximum Gasteiger partial charge on any atom is 0.494 e. The van der Waals surface area contributed by atoms with Gasteiger partial charge in [0, 0.05) is 21.8 Å². The van der Waals surface area contributed by atoms with Crippen LogP contribution in [0.5, 0.6) is 0 Å². The van der Waals surface area contributed by atoms with Crippen LogP contribution in [-0.4, -0.2) is 22.9 Å². The van der Waals surface area contributed by atoms with Gasteiger partial charge in [0.15, 0.2) is 0 Å². The maximum absolute atomic E-state index is 6.52. The zero-order valence-electron chi connectivity index (χ0n) is 27.3. The van der Waals surface area contributed by atoms with Gasteiger partial charge in [-0.05, 0) is 108 Å². The van der Waals surface area contributed by atoms with Gasteiger partial charge in [-0.15, -0.1) is 0 Å². The van der Waals surface area contributed by atoms with Crippen LogP contribution < -0.4 is 5.46 Å². The molecule has 1 aliphatic heterocycles. The molecule has 1 aromatic heterocycles. The van der Waals surface area contributed by atoms with Gasteiger partial charge in [-0.25, -0.2) is 0 Å². The van der Waals surface area contributed by atoms with Crippen LogP contribution in [0.3, 0.4) is 0 Å². The number of rotatable bonds is 2. The molecule has 222 valence electrons. The predicted octanol–water partition coefficient (Wildman–Crippen LogP) is 9.74. The van der Waals surface area contributed by atoms with Crippen molar-refractivity contribution in [2.45, 2.75) is 90.3 Å². The molecule has 0 unspecified atom stereocenters. The molecular formula is C40H42BNO2. The average Bonchev–Trinajstić information content (AvgIpc) is 3.44. The first-order valence-electron chi connectivity index (χ1n) is 16.2. The Labute approximate surface area is 261 Å². The smallest absolute Gasteiger partial charge is 0.399 e. The van der Waals surface area contributed by atoms with Crippen molar-refractivity contribution in [2.24, 2.45) is 0 Å². The highest BCUT2D eigenvalue weighted by Gasteiger charge is 2.51. The van der Waals surface area contributed by atoms with Crippen molar-refractivity contribution in [2.75, 3.05) is 0 Å². The van der Waals surface area contributed by atoms with Crippen LogP contribution in [-0.2, 0) is 20.1 Å². The quantitative estimate of drug-likeness (QED) is 0.151. The van der Waals surface area contributed by atoms with Crippen LogP contribution in [0, 0.1) is 0 Å². The molecule has 5 aromatic carbocycles. The SMILES string of the molecule is CC1(C)CCC(C)(C)c2cc3c(cc21)c1c2ccccc2c2ccccc2c1n3-c1cccc(B2OC(C)(C)C(C)(C)O2)c1. The van der Waals surface area contributed by atoms with Crippen LogP contribution in [0.25, 0.3) is 49.0 Å². The van der Waals surface area contributed by atoms with Crippen LogP contribution >= 0.6 is 0 Å². The molecule has 0 atom stereocenters. The summed E-state index contributed by atoms with van der Waals surface area (Å²) in [6, 6.07) is 31.7. The highest BCUT2D eigenvalue weighted by molar-refractivity contribution is 6.62. The Balaban J connectivity index is 1.52. The van der Waals surface area contributed by atoms with Crippen LogP contribution in [0.2, 0.25) is 0 Å². The van der Waals surface area contributed by atoms with Crippen molar-refractivity contribution >= 4 is 55.9 Å². The summed E-state index contributed by atoms with van der Waals surface area (Å²) in [4.78, 5) is 0. The van der Waals surface area contributed by atoms with Crippen molar-refractivity contribution in [3.63, 3.8) is 0 Å². The van der Waals surface area contributed by atoms with Gasteiger partial charge in [-0.1, -0.05) is 88.4 Å². The number of fused-ring (bicyclic) bond motifs is 9. The van der Waals surface area contributed by atoms with E-state index >= 15 is 0 Å². The van der Waals surface area contributed by atoms with Gasteiger partial charge in [-0.3, -0.25) is 0 Å². The number of aromatic nitrogens is 1. The van der Waals surface area contributed by atoms with Crippen molar-refractivity contribution < 1.29 is 9.31 Å². The van der Waals surface area contributed by atoms with Gasteiger partial charge in [0.2, 0.25) is 0 Å². The first-order chi connectivity index (χ1) is 20.8. The second-order valence-electron chi connectivity index (χ2n) is 15.5. The van der Waals surface area contributed by atoms with E-state index < -0.39 is 18.3 Å². The van der Waals surface area contributed by atoms with Gasteiger partial charge >= 0.3 is 7.12 Å². The molecule has 6 aromatic rings. The minimum Gasteiger partial charge on any atom is -0.399 e. The van der Waals surface area contributed by atoms with E-state index in [2.05, 4.69) is 145 Å². The molecule has 0 spiro atoms. The maximum atomic E-state index is 6.52. The molecule has 1 fully saturated rings. The predicted molar refractivity (Wildman–Crippen MR) is 187 cm³/mol. The largest absolute Gasteiger partial charge is 0.494 e. The van der Waals surface area contributed by atoms with E-state index in [4.69, 9.17) is 9.31 Å². The van der Waals surface area contributed by atoms with Crippen LogP contribution in [0.15, 0.2) is 84.9 Å². The Morgan fingerprint density at radius 2 is 1.11 bits per heavy atom. The average molecular weight is 580 g/mol. The molecule has 44 heavy (non-hydrogen) atoms. The fraction of sp³-hybridized carbons (Fsp3) is 0.350. The zero-order chi connectivity index (χ0) is 30.8. The molecule has 2 heterocycles. The zero-order valence-corrected chi connectivity index (χ0v) is 27.3. The lowest BCUT2D eigenvalue weighted by Crippen LogP contribution is -2.41. The third-order valence-electron chi connectivity index (χ3n) is 11.3. The lowest BCUT2D eigenvalue weighted by molar-refractivity contribution is 0.00578. The summed E-state index contributed by atoms with van der Waals surface area (Å²) in [5, 5.41) is 7.82. The lowest BCUT2D eigenvalue weighted by Gasteiger charge is -2.42. The Bertz CT molecular complexity index is 2130. The molecular weight excluding hydrogens is 537 g/mol. The summed E-state index contributed by atoms with van der Waals surface area (Å²) in [5.41, 5.74) is 7.09. The molecule has 2 aliphatic rings. The summed E-state index contributed by atoms with van der Waals surface area (Å²) in [7, 11) is -0.418. The third kappa shape index (κ3) is 3.83. The minimum atomic E-state index is -0.418. The fourth-order valence-electron chi connectivity index (χ4n) is 7.79. The number of nitrogens with zero attached hydrogens (tertiary/aromatic N) is 1. The Hall–Kier alpha value is -3.60. The third-order valence-corrected chi connectivity index (χ3v) is 11.3. The first kappa shape index (κ1) is 27.9. The van der Waals surface area contributed by atoms with E-state index in [1.165, 1.54) is 67.3 Å². The number of benzene rings is 5. The molecule has 4 heteroatoms. The fourth-order valence-corrected chi connectivity index (χ4v) is 7.79. The molecule has 0 saturated carbocycles. The minimum absolute atomic E-state index is 0.106.